The lowest BCUT2D eigenvalue weighted by molar-refractivity contribution is -0.138. The van der Waals surface area contributed by atoms with Gasteiger partial charge >= 0.3 is 0 Å². The lowest BCUT2D eigenvalue weighted by Crippen LogP contribution is -2.54. The Balaban J connectivity index is 0.767. The van der Waals surface area contributed by atoms with Gasteiger partial charge in [0.1, 0.15) is 6.04 Å². The van der Waals surface area contributed by atoms with Crippen molar-refractivity contribution in [3.63, 3.8) is 0 Å². The summed E-state index contributed by atoms with van der Waals surface area (Å²) in [7, 11) is 0. The van der Waals surface area contributed by atoms with Crippen LogP contribution in [0.25, 0.3) is 10.9 Å². The predicted molar refractivity (Wildman–Crippen MR) is 228 cm³/mol. The summed E-state index contributed by atoms with van der Waals surface area (Å²) in [5.41, 5.74) is 13.0. The van der Waals surface area contributed by atoms with Crippen LogP contribution in [0.2, 0.25) is 0 Å². The van der Waals surface area contributed by atoms with Gasteiger partial charge in [0.2, 0.25) is 24.1 Å². The summed E-state index contributed by atoms with van der Waals surface area (Å²) in [5, 5.41) is 3.40. The number of nitrogens with zero attached hydrogens (tertiary/aromatic N) is 4. The zero-order valence-electron chi connectivity index (χ0n) is 34.6. The van der Waals surface area contributed by atoms with Crippen LogP contribution < -0.4 is 5.32 Å². The maximum atomic E-state index is 13.8. The number of H-pyrrole nitrogens is 1. The maximum absolute atomic E-state index is 13.8. The SMILES string of the molecule is C[C@@H]1Cc2c([nH]c3ccccc23)[C@@H](C2=CN=C(C3=CCC(C(=O)N4CCC(N5Cc6cc7c(cc6C5)C(=O)N(C5CCC(=O)NC5=O)C7=O)CC4)CC3)C=C=C2)C1=CCC(F)F. The molecule has 2 aromatic carbocycles. The van der Waals surface area contributed by atoms with Crippen molar-refractivity contribution in [2.24, 2.45) is 16.8 Å². The van der Waals surface area contributed by atoms with Gasteiger partial charge in [-0.3, -0.25) is 44.1 Å². The van der Waals surface area contributed by atoms with Crippen LogP contribution in [0, 0.1) is 11.8 Å². The third-order valence-electron chi connectivity index (χ3n) is 14.1. The number of fused-ring (bicyclic) bond motifs is 5. The van der Waals surface area contributed by atoms with E-state index in [1.807, 2.05) is 35.4 Å². The Morgan fingerprint density at radius 3 is 2.40 bits per heavy atom. The molecule has 5 aliphatic heterocycles. The number of aromatic nitrogens is 1. The number of allylic oxidation sites excluding steroid dienone is 6. The Labute approximate surface area is 358 Å². The number of alkyl halides is 2. The van der Waals surface area contributed by atoms with Crippen molar-refractivity contribution in [2.45, 2.75) is 102 Å². The highest BCUT2D eigenvalue weighted by molar-refractivity contribution is 6.23. The van der Waals surface area contributed by atoms with E-state index in [1.54, 1.807) is 18.2 Å². The quantitative estimate of drug-likeness (QED) is 0.147. The van der Waals surface area contributed by atoms with Gasteiger partial charge in [0.15, 0.2) is 0 Å². The summed E-state index contributed by atoms with van der Waals surface area (Å²) in [6.45, 7) is 4.72. The fourth-order valence-corrected chi connectivity index (χ4v) is 10.9. The van der Waals surface area contributed by atoms with E-state index in [1.165, 1.54) is 5.56 Å². The molecule has 1 aromatic heterocycles. The van der Waals surface area contributed by atoms with Crippen LogP contribution in [0.15, 0.2) is 94.3 Å². The van der Waals surface area contributed by atoms with Crippen LogP contribution in [0.5, 0.6) is 0 Å². The first-order valence-corrected chi connectivity index (χ1v) is 21.9. The van der Waals surface area contributed by atoms with Crippen LogP contribution in [0.4, 0.5) is 8.78 Å². The van der Waals surface area contributed by atoms with E-state index in [0.717, 1.165) is 80.7 Å². The molecule has 7 aliphatic rings. The molecule has 13 heteroatoms. The van der Waals surface area contributed by atoms with Gasteiger partial charge in [-0.1, -0.05) is 42.8 Å². The number of carbonyl (C=O) groups is 5. The van der Waals surface area contributed by atoms with Crippen molar-refractivity contribution < 1.29 is 32.8 Å². The van der Waals surface area contributed by atoms with Crippen molar-refractivity contribution in [1.82, 2.24) is 25.0 Å². The molecule has 4 atom stereocenters. The Morgan fingerprint density at radius 2 is 1.71 bits per heavy atom. The van der Waals surface area contributed by atoms with Crippen LogP contribution >= 0.6 is 0 Å². The highest BCUT2D eigenvalue weighted by Gasteiger charge is 2.46. The highest BCUT2D eigenvalue weighted by atomic mass is 19.3. The molecule has 2 saturated heterocycles. The highest BCUT2D eigenvalue weighted by Crippen LogP contribution is 2.46. The average Bonchev–Trinajstić information content (AvgIpc) is 3.85. The molecule has 2 aliphatic carbocycles. The minimum Gasteiger partial charge on any atom is -0.357 e. The summed E-state index contributed by atoms with van der Waals surface area (Å²) in [6.07, 6.45) is 11.5. The number of benzene rings is 2. The van der Waals surface area contributed by atoms with E-state index in [0.29, 0.717) is 50.1 Å². The summed E-state index contributed by atoms with van der Waals surface area (Å²) in [6, 6.07) is 11.1. The number of rotatable bonds is 7. The molecule has 0 spiro atoms. The number of hydrogen-bond acceptors (Lipinski definition) is 7. The Hall–Kier alpha value is -6.04. The number of aromatic amines is 1. The molecule has 2 fully saturated rings. The number of likely N-dealkylation sites (tertiary alicyclic amines) is 1. The number of halogens is 2. The molecule has 0 radical (unpaired) electrons. The summed E-state index contributed by atoms with van der Waals surface area (Å²) in [5.74, 6) is -2.09. The zero-order chi connectivity index (χ0) is 42.8. The molecule has 10 rings (SSSR count). The van der Waals surface area contributed by atoms with Gasteiger partial charge in [-0.05, 0) is 103 Å². The largest absolute Gasteiger partial charge is 0.357 e. The van der Waals surface area contributed by atoms with Crippen LogP contribution in [-0.4, -0.2) is 86.5 Å². The van der Waals surface area contributed by atoms with Gasteiger partial charge in [-0.25, -0.2) is 8.78 Å². The van der Waals surface area contributed by atoms with Gasteiger partial charge in [0.25, 0.3) is 11.8 Å². The molecule has 318 valence electrons. The normalized spacial score (nSPS) is 26.1. The lowest BCUT2D eigenvalue weighted by atomic mass is 9.72. The Kier molecular flexibility index (Phi) is 10.3. The molecule has 5 amide bonds. The molecule has 0 saturated carbocycles. The summed E-state index contributed by atoms with van der Waals surface area (Å²) in [4.78, 5) is 78.7. The first-order chi connectivity index (χ1) is 30.0. The molecule has 11 nitrogen and oxygen atoms in total. The van der Waals surface area contributed by atoms with Crippen molar-refractivity contribution in [2.75, 3.05) is 13.1 Å². The van der Waals surface area contributed by atoms with Crippen LogP contribution in [-0.2, 0) is 33.9 Å². The standard InChI is InChI=1S/C49H48F2N6O5/c1-27-21-36-35-6-2-3-7-40(35)53-45(36)44(34(27)13-15-42(50)51)30-5-4-8-39(52-24-30)28-9-11-29(12-10-28)47(60)55-19-17-33(18-20-55)56-25-31-22-37-38(23-32(31)26-56)49(62)57(48(37)61)41-14-16-43(58)54-46(41)59/h2-3,5-9,13,22-24,27,29,33,41-42,44,53H,10-12,14-21,25-26H2,1H3,(H,54,58,59)/t27-,29?,41?,44+/m1/s1. The Morgan fingerprint density at radius 1 is 0.968 bits per heavy atom. The number of amides is 5. The van der Waals surface area contributed by atoms with Crippen molar-refractivity contribution in [3.8, 4) is 0 Å². The fraction of sp³-hybridized carbons (Fsp3) is 0.408. The molecule has 3 aromatic rings. The minimum atomic E-state index is -2.42. The van der Waals surface area contributed by atoms with Crippen molar-refractivity contribution >= 4 is 46.2 Å². The molecule has 2 N–H and O–H groups in total. The van der Waals surface area contributed by atoms with Gasteiger partial charge in [-0.2, -0.15) is 0 Å². The Bertz CT molecular complexity index is 2590. The topological polar surface area (TPSA) is 135 Å². The molecular formula is C49H48F2N6O5. The summed E-state index contributed by atoms with van der Waals surface area (Å²) < 4.78 is 27.0. The van der Waals surface area contributed by atoms with Crippen LogP contribution in [0.1, 0.15) is 107 Å². The van der Waals surface area contributed by atoms with E-state index in [4.69, 9.17) is 4.99 Å². The second kappa shape index (κ2) is 16.0. The average molecular weight is 839 g/mol. The van der Waals surface area contributed by atoms with E-state index in [-0.39, 0.29) is 49.0 Å². The second-order valence-electron chi connectivity index (χ2n) is 17.8. The molecule has 6 heterocycles. The predicted octanol–water partition coefficient (Wildman–Crippen LogP) is 7.21. The molecule has 0 bridgehead atoms. The third kappa shape index (κ3) is 7.10. The van der Waals surface area contributed by atoms with E-state index < -0.39 is 36.1 Å². The zero-order valence-corrected chi connectivity index (χ0v) is 34.6. The molecule has 2 unspecified atom stereocenters. The van der Waals surface area contributed by atoms with Crippen molar-refractivity contribution in [1.29, 1.82) is 0 Å². The number of para-hydroxylation sites is 1. The smallest absolute Gasteiger partial charge is 0.262 e. The number of carbonyl (C=O) groups excluding carboxylic acids is 5. The number of hydrogen-bond donors (Lipinski definition) is 2. The second-order valence-corrected chi connectivity index (χ2v) is 17.8. The van der Waals surface area contributed by atoms with E-state index in [2.05, 4.69) is 46.1 Å². The first-order valence-electron chi connectivity index (χ1n) is 21.9. The van der Waals surface area contributed by atoms with Gasteiger partial charge in [-0.15, -0.1) is 5.73 Å². The maximum Gasteiger partial charge on any atom is 0.262 e. The lowest BCUT2D eigenvalue weighted by Gasteiger charge is -2.38. The molecule has 62 heavy (non-hydrogen) atoms. The van der Waals surface area contributed by atoms with Crippen LogP contribution in [0.3, 0.4) is 0 Å². The number of aliphatic imine (C=N–C) groups is 1. The van der Waals surface area contributed by atoms with Gasteiger partial charge in [0.05, 0.1) is 16.8 Å². The fourth-order valence-electron chi connectivity index (χ4n) is 10.9. The monoisotopic (exact) mass is 838 g/mol. The van der Waals surface area contributed by atoms with E-state index in [9.17, 15) is 32.8 Å². The van der Waals surface area contributed by atoms with Gasteiger partial charge < -0.3 is 9.88 Å². The minimum absolute atomic E-state index is 0.0788. The summed E-state index contributed by atoms with van der Waals surface area (Å²) >= 11 is 0. The van der Waals surface area contributed by atoms with E-state index >= 15 is 0 Å². The number of imide groups is 2. The van der Waals surface area contributed by atoms with Crippen molar-refractivity contribution in [3.05, 3.63) is 123 Å². The third-order valence-corrected chi connectivity index (χ3v) is 14.1. The van der Waals surface area contributed by atoms with Gasteiger partial charge in [0, 0.05) is 85.8 Å². The number of piperidine rings is 2. The molecular weight excluding hydrogens is 791 g/mol. The first kappa shape index (κ1) is 40.1. The number of nitrogens with one attached hydrogen (secondary N) is 2.